The first-order valence-corrected chi connectivity index (χ1v) is 14.7. The molecule has 0 heterocycles. The summed E-state index contributed by atoms with van der Waals surface area (Å²) in [5, 5.41) is 11.6. The molecule has 0 atom stereocenters. The summed E-state index contributed by atoms with van der Waals surface area (Å²) in [5.74, 6) is 2.02. The van der Waals surface area contributed by atoms with E-state index in [9.17, 15) is 13.5 Å². The van der Waals surface area contributed by atoms with E-state index in [-0.39, 0.29) is 10.6 Å². The van der Waals surface area contributed by atoms with Gasteiger partial charge in [-0.2, -0.15) is 0 Å². The molecule has 8 nitrogen and oxygen atoms in total. The van der Waals surface area contributed by atoms with Crippen LogP contribution in [-0.4, -0.2) is 66.0 Å². The molecule has 9 heteroatoms. The fourth-order valence-electron chi connectivity index (χ4n) is 3.99. The number of benzene rings is 4. The molecule has 0 saturated carbocycles. The minimum atomic E-state index is -3.31. The van der Waals surface area contributed by atoms with Crippen LogP contribution in [0.5, 0.6) is 23.0 Å². The van der Waals surface area contributed by atoms with Gasteiger partial charge in [-0.05, 0) is 78.5 Å². The first-order chi connectivity index (χ1) is 19.3. The molecule has 0 spiro atoms. The van der Waals surface area contributed by atoms with Gasteiger partial charge in [0.05, 0.1) is 37.9 Å². The van der Waals surface area contributed by atoms with Crippen LogP contribution in [0.2, 0.25) is 0 Å². The lowest BCUT2D eigenvalue weighted by molar-refractivity contribution is 0.0133. The third-order valence-electron chi connectivity index (χ3n) is 5.98. The van der Waals surface area contributed by atoms with Crippen molar-refractivity contribution in [2.75, 3.05) is 52.5 Å². The molecular formula is C31H33O8S. The van der Waals surface area contributed by atoms with Crippen molar-refractivity contribution in [1.29, 1.82) is 0 Å². The molecule has 0 aliphatic carbocycles. The van der Waals surface area contributed by atoms with E-state index in [0.717, 1.165) is 21.9 Å². The fourth-order valence-corrected chi connectivity index (χ4v) is 4.62. The smallest absolute Gasteiger partial charge is 0.175 e. The number of sulfone groups is 1. The molecule has 1 N–H and O–H groups in total. The number of phenols is 1. The summed E-state index contributed by atoms with van der Waals surface area (Å²) in [6.45, 7) is 6.86. The van der Waals surface area contributed by atoms with Gasteiger partial charge in [0.15, 0.2) is 9.84 Å². The van der Waals surface area contributed by atoms with Crippen molar-refractivity contribution in [3.63, 3.8) is 0 Å². The normalized spacial score (nSPS) is 11.6. The molecule has 1 radical (unpaired) electrons. The van der Waals surface area contributed by atoms with Crippen LogP contribution in [0.15, 0.2) is 83.8 Å². The quantitative estimate of drug-likeness (QED) is 0.184. The number of hydrogen-bond acceptors (Lipinski definition) is 8. The van der Waals surface area contributed by atoms with Crippen molar-refractivity contribution >= 4 is 20.6 Å². The fraction of sp³-hybridized carbons (Fsp3) is 0.258. The second kappa shape index (κ2) is 14.1. The highest BCUT2D eigenvalue weighted by Crippen LogP contribution is 2.41. The van der Waals surface area contributed by atoms with Gasteiger partial charge in [-0.15, -0.1) is 0 Å². The Bertz CT molecular complexity index is 1480. The lowest BCUT2D eigenvalue weighted by Crippen LogP contribution is -2.12. The summed E-state index contributed by atoms with van der Waals surface area (Å²) >= 11 is 0. The number of hydrogen-bond donors (Lipinski definition) is 1. The van der Waals surface area contributed by atoms with Crippen LogP contribution in [0.1, 0.15) is 0 Å². The Hall–Kier alpha value is -3.63. The van der Waals surface area contributed by atoms with Gasteiger partial charge < -0.3 is 28.8 Å². The standard InChI is InChI=1S/C31H33O8S/c1-3-35-16-17-36-18-19-37-20-21-38-26-8-10-27(11-9-26)39-31-29(14-6-24-22-25(32)7-15-30(24)31)23-4-12-28(13-5-23)40(2,33)34/h4-15,22,32H,1,3,16-21H2,2H3. The molecule has 0 unspecified atom stereocenters. The van der Waals surface area contributed by atoms with Crippen molar-refractivity contribution in [2.24, 2.45) is 0 Å². The summed E-state index contributed by atoms with van der Waals surface area (Å²) in [7, 11) is -3.31. The van der Waals surface area contributed by atoms with Gasteiger partial charge in [0.1, 0.15) is 29.6 Å². The Morgan fingerprint density at radius 3 is 2.00 bits per heavy atom. The molecular weight excluding hydrogens is 532 g/mol. The van der Waals surface area contributed by atoms with Gasteiger partial charge in [0.2, 0.25) is 0 Å². The van der Waals surface area contributed by atoms with E-state index in [1.807, 2.05) is 36.4 Å². The number of aromatic hydroxyl groups is 1. The van der Waals surface area contributed by atoms with Crippen LogP contribution in [0, 0.1) is 6.92 Å². The van der Waals surface area contributed by atoms with Gasteiger partial charge in [0, 0.05) is 23.8 Å². The van der Waals surface area contributed by atoms with Crippen molar-refractivity contribution in [3.8, 4) is 34.1 Å². The topological polar surface area (TPSA) is 101 Å². The molecule has 40 heavy (non-hydrogen) atoms. The Labute approximate surface area is 234 Å². The zero-order valence-corrected chi connectivity index (χ0v) is 23.2. The maximum atomic E-state index is 11.9. The van der Waals surface area contributed by atoms with E-state index in [1.165, 1.54) is 6.26 Å². The second-order valence-electron chi connectivity index (χ2n) is 8.90. The van der Waals surface area contributed by atoms with Gasteiger partial charge in [0.25, 0.3) is 0 Å². The largest absolute Gasteiger partial charge is 0.508 e. The van der Waals surface area contributed by atoms with Gasteiger partial charge in [-0.3, -0.25) is 0 Å². The highest BCUT2D eigenvalue weighted by atomic mass is 32.2. The van der Waals surface area contributed by atoms with Crippen molar-refractivity contribution in [2.45, 2.75) is 4.90 Å². The molecule has 211 valence electrons. The summed E-state index contributed by atoms with van der Waals surface area (Å²) in [6.07, 6.45) is 1.18. The van der Waals surface area contributed by atoms with E-state index < -0.39 is 9.84 Å². The third-order valence-corrected chi connectivity index (χ3v) is 7.10. The summed E-state index contributed by atoms with van der Waals surface area (Å²) in [6, 6.07) is 22.8. The highest BCUT2D eigenvalue weighted by Gasteiger charge is 2.15. The second-order valence-corrected chi connectivity index (χ2v) is 10.9. The number of ether oxygens (including phenoxy) is 5. The van der Waals surface area contributed by atoms with Crippen LogP contribution in [0.4, 0.5) is 0 Å². The van der Waals surface area contributed by atoms with E-state index in [0.29, 0.717) is 63.5 Å². The van der Waals surface area contributed by atoms with E-state index >= 15 is 0 Å². The molecule has 4 aromatic carbocycles. The first-order valence-electron chi connectivity index (χ1n) is 12.8. The highest BCUT2D eigenvalue weighted by molar-refractivity contribution is 7.90. The minimum Gasteiger partial charge on any atom is -0.508 e. The summed E-state index contributed by atoms with van der Waals surface area (Å²) in [5.41, 5.74) is 1.59. The number of rotatable bonds is 15. The monoisotopic (exact) mass is 565 g/mol. The Morgan fingerprint density at radius 2 is 1.35 bits per heavy atom. The summed E-state index contributed by atoms with van der Waals surface area (Å²) < 4.78 is 52.0. The molecule has 0 amide bonds. The van der Waals surface area contributed by atoms with Crippen LogP contribution in [0.25, 0.3) is 21.9 Å². The summed E-state index contributed by atoms with van der Waals surface area (Å²) in [4.78, 5) is 0.245. The Kier molecular flexibility index (Phi) is 10.4. The first kappa shape index (κ1) is 29.4. The number of phenolic OH excluding ortho intramolecular Hbond substituents is 1. The predicted octanol–water partition coefficient (Wildman–Crippen LogP) is 5.67. The molecule has 0 saturated heterocycles. The average molecular weight is 566 g/mol. The average Bonchev–Trinajstić information content (AvgIpc) is 2.94. The van der Waals surface area contributed by atoms with E-state index in [1.54, 1.807) is 42.5 Å². The molecule has 0 aromatic heterocycles. The molecule has 4 rings (SSSR count). The zero-order valence-electron chi connectivity index (χ0n) is 22.4. The lowest BCUT2D eigenvalue weighted by Gasteiger charge is -2.16. The molecule has 0 bridgehead atoms. The van der Waals surface area contributed by atoms with Gasteiger partial charge >= 0.3 is 0 Å². The maximum Gasteiger partial charge on any atom is 0.175 e. The van der Waals surface area contributed by atoms with Crippen LogP contribution in [-0.2, 0) is 24.0 Å². The SMILES string of the molecule is [CH2]COCCOCCOCCOc1ccc(Oc2c(-c3ccc(S(C)(=O)=O)cc3)ccc3cc(O)ccc23)cc1. The molecule has 4 aromatic rings. The van der Waals surface area contributed by atoms with Crippen molar-refractivity contribution < 1.29 is 37.2 Å². The maximum absolute atomic E-state index is 11.9. The minimum absolute atomic E-state index is 0.154. The van der Waals surface area contributed by atoms with Gasteiger partial charge in [-0.25, -0.2) is 8.42 Å². The van der Waals surface area contributed by atoms with Crippen LogP contribution in [0.3, 0.4) is 0 Å². The van der Waals surface area contributed by atoms with Gasteiger partial charge in [-0.1, -0.05) is 18.2 Å². The third kappa shape index (κ3) is 8.19. The predicted molar refractivity (Wildman–Crippen MR) is 154 cm³/mol. The van der Waals surface area contributed by atoms with Crippen molar-refractivity contribution in [1.82, 2.24) is 0 Å². The van der Waals surface area contributed by atoms with Crippen molar-refractivity contribution in [3.05, 3.63) is 85.8 Å². The van der Waals surface area contributed by atoms with Crippen LogP contribution >= 0.6 is 0 Å². The molecule has 0 aliphatic rings. The molecule has 0 fully saturated rings. The number of fused-ring (bicyclic) bond motifs is 1. The Balaban J connectivity index is 1.42. The Morgan fingerprint density at radius 1 is 0.725 bits per heavy atom. The van der Waals surface area contributed by atoms with E-state index in [4.69, 9.17) is 23.7 Å². The van der Waals surface area contributed by atoms with Crippen LogP contribution < -0.4 is 9.47 Å². The molecule has 0 aliphatic heterocycles. The lowest BCUT2D eigenvalue weighted by atomic mass is 9.99. The zero-order chi connectivity index (χ0) is 28.4. The van der Waals surface area contributed by atoms with E-state index in [2.05, 4.69) is 6.92 Å².